The van der Waals surface area contributed by atoms with Crippen LogP contribution in [0.1, 0.15) is 21.7 Å². The van der Waals surface area contributed by atoms with Crippen molar-refractivity contribution in [2.24, 2.45) is 0 Å². The zero-order valence-electron chi connectivity index (χ0n) is 17.7. The number of hydrogen-bond acceptors (Lipinski definition) is 6. The second-order valence-corrected chi connectivity index (χ2v) is 8.26. The van der Waals surface area contributed by atoms with Crippen molar-refractivity contribution in [1.29, 1.82) is 0 Å². The monoisotopic (exact) mass is 450 g/mol. The highest BCUT2D eigenvalue weighted by atomic mass is 32.1. The highest BCUT2D eigenvalue weighted by Gasteiger charge is 2.44. The van der Waals surface area contributed by atoms with Gasteiger partial charge in [0.2, 0.25) is 5.91 Å². The van der Waals surface area contributed by atoms with Crippen molar-refractivity contribution in [3.63, 3.8) is 0 Å². The highest BCUT2D eigenvalue weighted by Crippen LogP contribution is 2.30. The van der Waals surface area contributed by atoms with Crippen LogP contribution in [0.15, 0.2) is 66.0 Å². The van der Waals surface area contributed by atoms with Gasteiger partial charge in [-0.3, -0.25) is 14.4 Å². The van der Waals surface area contributed by atoms with Gasteiger partial charge in [0.25, 0.3) is 11.8 Å². The van der Waals surface area contributed by atoms with Gasteiger partial charge in [0.1, 0.15) is 17.5 Å². The Morgan fingerprint density at radius 2 is 1.78 bits per heavy atom. The fourth-order valence-electron chi connectivity index (χ4n) is 3.68. The molecule has 3 amide bonds. The van der Waals surface area contributed by atoms with E-state index in [9.17, 15) is 14.4 Å². The average Bonchev–Trinajstić information content (AvgIpc) is 3.44. The van der Waals surface area contributed by atoms with Crippen molar-refractivity contribution in [2.45, 2.75) is 19.0 Å². The van der Waals surface area contributed by atoms with Crippen LogP contribution in [0.5, 0.6) is 11.5 Å². The lowest BCUT2D eigenvalue weighted by Gasteiger charge is -2.27. The molecule has 7 nitrogen and oxygen atoms in total. The summed E-state index contributed by atoms with van der Waals surface area (Å²) in [6, 6.07) is 16.4. The van der Waals surface area contributed by atoms with Crippen LogP contribution in [-0.2, 0) is 16.1 Å². The molecule has 4 rings (SSSR count). The Hall–Kier alpha value is -3.65. The minimum atomic E-state index is -0.898. The van der Waals surface area contributed by atoms with Gasteiger partial charge in [-0.15, -0.1) is 11.3 Å². The van der Waals surface area contributed by atoms with Crippen molar-refractivity contribution in [3.05, 3.63) is 76.5 Å². The molecule has 3 aromatic rings. The SMILES string of the molecule is COc1ccc(N2C(=O)CC(N(Cc3cccs3)C(=O)c3cccc(OC)c3)C2=O)cc1. The molecule has 1 unspecified atom stereocenters. The number of amides is 3. The van der Waals surface area contributed by atoms with Gasteiger partial charge in [-0.25, -0.2) is 4.90 Å². The van der Waals surface area contributed by atoms with Crippen molar-refractivity contribution < 1.29 is 23.9 Å². The molecule has 1 fully saturated rings. The first-order valence-corrected chi connectivity index (χ1v) is 10.9. The summed E-state index contributed by atoms with van der Waals surface area (Å²) in [5.74, 6) is 0.0605. The number of rotatable bonds is 7. The normalized spacial score (nSPS) is 15.7. The number of hydrogen-bond donors (Lipinski definition) is 0. The lowest BCUT2D eigenvalue weighted by molar-refractivity contribution is -0.122. The highest BCUT2D eigenvalue weighted by molar-refractivity contribution is 7.09. The number of nitrogens with zero attached hydrogens (tertiary/aromatic N) is 2. The lowest BCUT2D eigenvalue weighted by atomic mass is 10.1. The van der Waals surface area contributed by atoms with E-state index in [0.29, 0.717) is 22.7 Å². The zero-order chi connectivity index (χ0) is 22.7. The summed E-state index contributed by atoms with van der Waals surface area (Å²) in [7, 11) is 3.07. The molecule has 0 aliphatic carbocycles. The first-order valence-electron chi connectivity index (χ1n) is 10.00. The number of carbonyl (C=O) groups is 3. The van der Waals surface area contributed by atoms with Gasteiger partial charge in [-0.05, 0) is 53.9 Å². The molecule has 0 saturated carbocycles. The van der Waals surface area contributed by atoms with Crippen LogP contribution in [0.2, 0.25) is 0 Å². The first-order chi connectivity index (χ1) is 15.5. The van der Waals surface area contributed by atoms with Gasteiger partial charge in [-0.2, -0.15) is 0 Å². The molecule has 2 heterocycles. The smallest absolute Gasteiger partial charge is 0.257 e. The average molecular weight is 451 g/mol. The number of thiophene rings is 1. The predicted octanol–water partition coefficient (Wildman–Crippen LogP) is 3.74. The van der Waals surface area contributed by atoms with Gasteiger partial charge in [0.05, 0.1) is 32.9 Å². The minimum Gasteiger partial charge on any atom is -0.497 e. The molecule has 1 atom stereocenters. The van der Waals surface area contributed by atoms with Crippen LogP contribution in [0.3, 0.4) is 0 Å². The molecule has 1 saturated heterocycles. The number of methoxy groups -OCH3 is 2. The van der Waals surface area contributed by atoms with E-state index in [-0.39, 0.29) is 24.8 Å². The van der Waals surface area contributed by atoms with Crippen molar-refractivity contribution in [3.8, 4) is 11.5 Å². The Bertz CT molecular complexity index is 1130. The summed E-state index contributed by atoms with van der Waals surface area (Å²) in [4.78, 5) is 43.2. The van der Waals surface area contributed by atoms with E-state index in [2.05, 4.69) is 0 Å². The van der Waals surface area contributed by atoms with Crippen LogP contribution in [-0.4, -0.2) is 42.9 Å². The maximum atomic E-state index is 13.5. The van der Waals surface area contributed by atoms with Gasteiger partial charge < -0.3 is 14.4 Å². The maximum absolute atomic E-state index is 13.5. The molecule has 2 aromatic carbocycles. The third-order valence-electron chi connectivity index (χ3n) is 5.31. The van der Waals surface area contributed by atoms with E-state index >= 15 is 0 Å². The molecule has 0 spiro atoms. The zero-order valence-corrected chi connectivity index (χ0v) is 18.5. The van der Waals surface area contributed by atoms with E-state index < -0.39 is 11.9 Å². The summed E-state index contributed by atoms with van der Waals surface area (Å²) >= 11 is 1.49. The molecule has 0 bridgehead atoms. The Labute approximate surface area is 189 Å². The van der Waals surface area contributed by atoms with Gasteiger partial charge in [-0.1, -0.05) is 12.1 Å². The Kier molecular flexibility index (Phi) is 6.23. The third kappa shape index (κ3) is 4.22. The molecule has 0 N–H and O–H groups in total. The van der Waals surface area contributed by atoms with Crippen molar-refractivity contribution in [2.75, 3.05) is 19.1 Å². The van der Waals surface area contributed by atoms with Crippen LogP contribution in [0, 0.1) is 0 Å². The fourth-order valence-corrected chi connectivity index (χ4v) is 4.38. The number of ether oxygens (including phenoxy) is 2. The first kappa shape index (κ1) is 21.6. The standard InChI is InChI=1S/C24H22N2O5S/c1-30-18-10-8-17(9-11-18)26-22(27)14-21(24(26)29)25(15-20-7-4-12-32-20)23(28)16-5-3-6-19(13-16)31-2/h3-13,21H,14-15H2,1-2H3. The summed E-state index contributed by atoms with van der Waals surface area (Å²) in [5, 5.41) is 1.91. The molecule has 1 aromatic heterocycles. The van der Waals surface area contributed by atoms with Gasteiger partial charge in [0, 0.05) is 10.4 Å². The summed E-state index contributed by atoms with van der Waals surface area (Å²) < 4.78 is 10.4. The quantitative estimate of drug-likeness (QED) is 0.513. The number of anilines is 1. The topological polar surface area (TPSA) is 76.2 Å². The minimum absolute atomic E-state index is 0.0774. The Balaban J connectivity index is 1.66. The molecular formula is C24H22N2O5S. The van der Waals surface area contributed by atoms with Crippen molar-refractivity contribution in [1.82, 2.24) is 4.90 Å². The van der Waals surface area contributed by atoms with E-state index in [4.69, 9.17) is 9.47 Å². The second kappa shape index (κ2) is 9.23. The van der Waals surface area contributed by atoms with Crippen LogP contribution >= 0.6 is 11.3 Å². The second-order valence-electron chi connectivity index (χ2n) is 7.23. The molecule has 1 aliphatic heterocycles. The van der Waals surface area contributed by atoms with Gasteiger partial charge >= 0.3 is 0 Å². The van der Waals surface area contributed by atoms with E-state index in [0.717, 1.165) is 9.78 Å². The predicted molar refractivity (Wildman–Crippen MR) is 121 cm³/mol. The van der Waals surface area contributed by atoms with E-state index in [1.54, 1.807) is 55.6 Å². The Morgan fingerprint density at radius 1 is 1.03 bits per heavy atom. The number of benzene rings is 2. The van der Waals surface area contributed by atoms with E-state index in [1.807, 2.05) is 17.5 Å². The fraction of sp³-hybridized carbons (Fsp3) is 0.208. The third-order valence-corrected chi connectivity index (χ3v) is 6.17. The molecule has 0 radical (unpaired) electrons. The number of carbonyl (C=O) groups excluding carboxylic acids is 3. The number of imide groups is 1. The molecule has 164 valence electrons. The lowest BCUT2D eigenvalue weighted by Crippen LogP contribution is -2.45. The van der Waals surface area contributed by atoms with Crippen LogP contribution in [0.25, 0.3) is 0 Å². The maximum Gasteiger partial charge on any atom is 0.257 e. The van der Waals surface area contributed by atoms with E-state index in [1.165, 1.54) is 23.3 Å². The van der Waals surface area contributed by atoms with Crippen molar-refractivity contribution >= 4 is 34.7 Å². The largest absolute Gasteiger partial charge is 0.497 e. The summed E-state index contributed by atoms with van der Waals surface area (Å²) in [5.41, 5.74) is 0.845. The summed E-state index contributed by atoms with van der Waals surface area (Å²) in [6.07, 6.45) is -0.0774. The summed E-state index contributed by atoms with van der Waals surface area (Å²) in [6.45, 7) is 0.230. The molecule has 32 heavy (non-hydrogen) atoms. The van der Waals surface area contributed by atoms with Crippen LogP contribution < -0.4 is 14.4 Å². The van der Waals surface area contributed by atoms with Crippen LogP contribution in [0.4, 0.5) is 5.69 Å². The Morgan fingerprint density at radius 3 is 2.44 bits per heavy atom. The molecular weight excluding hydrogens is 428 g/mol. The molecule has 1 aliphatic rings. The molecule has 8 heteroatoms. The van der Waals surface area contributed by atoms with Gasteiger partial charge in [0.15, 0.2) is 0 Å².